The SMILES string of the molecule is CC(C)COc1ccc(C(=O)N[C@H](CO)C(=O)O)cc1. The molecule has 3 N–H and O–H groups in total. The van der Waals surface area contributed by atoms with Crippen molar-refractivity contribution in [3.63, 3.8) is 0 Å². The molecule has 0 unspecified atom stereocenters. The van der Waals surface area contributed by atoms with Crippen molar-refractivity contribution >= 4 is 11.9 Å². The first-order valence-electron chi connectivity index (χ1n) is 6.31. The van der Waals surface area contributed by atoms with Crippen molar-refractivity contribution in [3.8, 4) is 5.75 Å². The van der Waals surface area contributed by atoms with Gasteiger partial charge in [-0.1, -0.05) is 13.8 Å². The van der Waals surface area contributed by atoms with Gasteiger partial charge < -0.3 is 20.3 Å². The van der Waals surface area contributed by atoms with Gasteiger partial charge in [0.05, 0.1) is 13.2 Å². The van der Waals surface area contributed by atoms with Crippen molar-refractivity contribution in [2.45, 2.75) is 19.9 Å². The molecular formula is C14H19NO5. The topological polar surface area (TPSA) is 95.9 Å². The first-order chi connectivity index (χ1) is 9.43. The Kier molecular flexibility index (Phi) is 5.99. The summed E-state index contributed by atoms with van der Waals surface area (Å²) >= 11 is 0. The summed E-state index contributed by atoms with van der Waals surface area (Å²) in [6.45, 7) is 3.99. The lowest BCUT2D eigenvalue weighted by Gasteiger charge is -2.12. The van der Waals surface area contributed by atoms with Crippen molar-refractivity contribution in [2.24, 2.45) is 5.92 Å². The minimum absolute atomic E-state index is 0.307. The Labute approximate surface area is 117 Å². The highest BCUT2D eigenvalue weighted by molar-refractivity contribution is 5.96. The Morgan fingerprint density at radius 3 is 2.30 bits per heavy atom. The largest absolute Gasteiger partial charge is 0.493 e. The molecule has 20 heavy (non-hydrogen) atoms. The van der Waals surface area contributed by atoms with Gasteiger partial charge >= 0.3 is 5.97 Å². The van der Waals surface area contributed by atoms with Crippen molar-refractivity contribution in [1.82, 2.24) is 5.32 Å². The number of carboxylic acid groups (broad SMARTS) is 1. The van der Waals surface area contributed by atoms with Crippen LogP contribution in [0.15, 0.2) is 24.3 Å². The fourth-order valence-electron chi connectivity index (χ4n) is 1.39. The number of nitrogens with one attached hydrogen (secondary N) is 1. The summed E-state index contributed by atoms with van der Waals surface area (Å²) in [6.07, 6.45) is 0. The molecule has 0 fully saturated rings. The molecule has 0 saturated heterocycles. The van der Waals surface area contributed by atoms with E-state index in [4.69, 9.17) is 14.9 Å². The van der Waals surface area contributed by atoms with E-state index < -0.39 is 24.5 Å². The summed E-state index contributed by atoms with van der Waals surface area (Å²) in [5, 5.41) is 19.8. The minimum atomic E-state index is -1.31. The Balaban J connectivity index is 2.63. The van der Waals surface area contributed by atoms with Gasteiger partial charge in [0, 0.05) is 5.56 Å². The maximum Gasteiger partial charge on any atom is 0.328 e. The molecule has 0 aliphatic rings. The normalized spacial score (nSPS) is 12.0. The molecular weight excluding hydrogens is 262 g/mol. The lowest BCUT2D eigenvalue weighted by atomic mass is 10.2. The number of benzene rings is 1. The van der Waals surface area contributed by atoms with E-state index in [0.717, 1.165) is 0 Å². The number of aliphatic hydroxyl groups excluding tert-OH is 1. The molecule has 0 heterocycles. The zero-order chi connectivity index (χ0) is 15.1. The molecule has 0 saturated carbocycles. The van der Waals surface area contributed by atoms with Crippen LogP contribution < -0.4 is 10.1 Å². The van der Waals surface area contributed by atoms with E-state index >= 15 is 0 Å². The van der Waals surface area contributed by atoms with Crippen LogP contribution in [0.1, 0.15) is 24.2 Å². The number of rotatable bonds is 7. The van der Waals surface area contributed by atoms with Gasteiger partial charge in [-0.05, 0) is 30.2 Å². The Bertz CT molecular complexity index is 455. The Morgan fingerprint density at radius 1 is 1.25 bits per heavy atom. The fourth-order valence-corrected chi connectivity index (χ4v) is 1.39. The van der Waals surface area contributed by atoms with E-state index in [0.29, 0.717) is 23.8 Å². The zero-order valence-corrected chi connectivity index (χ0v) is 11.5. The van der Waals surface area contributed by atoms with Gasteiger partial charge in [-0.3, -0.25) is 4.79 Å². The first-order valence-corrected chi connectivity index (χ1v) is 6.31. The molecule has 0 aliphatic carbocycles. The molecule has 0 bridgehead atoms. The molecule has 6 heteroatoms. The van der Waals surface area contributed by atoms with Crippen molar-refractivity contribution < 1.29 is 24.5 Å². The Morgan fingerprint density at radius 2 is 1.85 bits per heavy atom. The van der Waals surface area contributed by atoms with Crippen molar-refractivity contribution in [3.05, 3.63) is 29.8 Å². The summed E-state index contributed by atoms with van der Waals surface area (Å²) in [5.41, 5.74) is 0.307. The van der Waals surface area contributed by atoms with Crippen LogP contribution in [-0.4, -0.2) is 41.3 Å². The Hall–Kier alpha value is -2.08. The number of hydrogen-bond donors (Lipinski definition) is 3. The highest BCUT2D eigenvalue weighted by Crippen LogP contribution is 2.13. The maximum atomic E-state index is 11.8. The molecule has 1 rings (SSSR count). The van der Waals surface area contributed by atoms with Crippen LogP contribution in [0.2, 0.25) is 0 Å². The molecule has 1 aromatic carbocycles. The summed E-state index contributed by atoms with van der Waals surface area (Å²) in [5.74, 6) is -0.786. The van der Waals surface area contributed by atoms with E-state index in [1.165, 1.54) is 0 Å². The van der Waals surface area contributed by atoms with Crippen molar-refractivity contribution in [1.29, 1.82) is 0 Å². The monoisotopic (exact) mass is 281 g/mol. The van der Waals surface area contributed by atoms with Gasteiger partial charge in [-0.2, -0.15) is 0 Å². The van der Waals surface area contributed by atoms with Crippen molar-refractivity contribution in [2.75, 3.05) is 13.2 Å². The third-order valence-electron chi connectivity index (χ3n) is 2.49. The predicted octanol–water partition coefficient (Wildman–Crippen LogP) is 0.897. The number of carbonyl (C=O) groups is 2. The smallest absolute Gasteiger partial charge is 0.328 e. The average Bonchev–Trinajstić information content (AvgIpc) is 2.42. The first kappa shape index (κ1) is 16.0. The summed E-state index contributed by atoms with van der Waals surface area (Å²) in [4.78, 5) is 22.5. The molecule has 6 nitrogen and oxygen atoms in total. The number of carbonyl (C=O) groups excluding carboxylic acids is 1. The molecule has 110 valence electrons. The quantitative estimate of drug-likeness (QED) is 0.690. The second-order valence-electron chi connectivity index (χ2n) is 4.78. The zero-order valence-electron chi connectivity index (χ0n) is 11.5. The molecule has 1 atom stereocenters. The van der Waals surface area contributed by atoms with E-state index in [1.54, 1.807) is 24.3 Å². The van der Waals surface area contributed by atoms with Gasteiger partial charge in [0.1, 0.15) is 5.75 Å². The van der Waals surface area contributed by atoms with E-state index in [2.05, 4.69) is 5.32 Å². The number of carboxylic acids is 1. The predicted molar refractivity (Wildman–Crippen MR) is 72.8 cm³/mol. The van der Waals surface area contributed by atoms with E-state index in [1.807, 2.05) is 13.8 Å². The third kappa shape index (κ3) is 4.89. The molecule has 1 aromatic rings. The second kappa shape index (κ2) is 7.49. The van der Waals surface area contributed by atoms with Crippen LogP contribution in [0.5, 0.6) is 5.75 Å². The van der Waals surface area contributed by atoms with Gasteiger partial charge in [0.25, 0.3) is 5.91 Å². The number of hydrogen-bond acceptors (Lipinski definition) is 4. The fraction of sp³-hybridized carbons (Fsp3) is 0.429. The number of aliphatic hydroxyl groups is 1. The number of aliphatic carboxylic acids is 1. The minimum Gasteiger partial charge on any atom is -0.493 e. The molecule has 0 radical (unpaired) electrons. The van der Waals surface area contributed by atoms with Gasteiger partial charge in [-0.15, -0.1) is 0 Å². The number of amides is 1. The molecule has 1 amide bonds. The van der Waals surface area contributed by atoms with Gasteiger partial charge in [0.15, 0.2) is 6.04 Å². The van der Waals surface area contributed by atoms with Crippen LogP contribution in [-0.2, 0) is 4.79 Å². The second-order valence-corrected chi connectivity index (χ2v) is 4.78. The average molecular weight is 281 g/mol. The van der Waals surface area contributed by atoms with Gasteiger partial charge in [0.2, 0.25) is 0 Å². The van der Waals surface area contributed by atoms with Crippen LogP contribution in [0.3, 0.4) is 0 Å². The lowest BCUT2D eigenvalue weighted by molar-refractivity contribution is -0.140. The highest BCUT2D eigenvalue weighted by Gasteiger charge is 2.19. The van der Waals surface area contributed by atoms with Crippen LogP contribution in [0.4, 0.5) is 0 Å². The molecule has 0 aliphatic heterocycles. The van der Waals surface area contributed by atoms with Crippen LogP contribution >= 0.6 is 0 Å². The standard InChI is InChI=1S/C14H19NO5/c1-9(2)8-20-11-5-3-10(4-6-11)13(17)15-12(7-16)14(18)19/h3-6,9,12,16H,7-8H2,1-2H3,(H,15,17)(H,18,19)/t12-/m1/s1. The van der Waals surface area contributed by atoms with Gasteiger partial charge in [-0.25, -0.2) is 4.79 Å². The summed E-state index contributed by atoms with van der Waals surface area (Å²) in [7, 11) is 0. The lowest BCUT2D eigenvalue weighted by Crippen LogP contribution is -2.43. The third-order valence-corrected chi connectivity index (χ3v) is 2.49. The summed E-state index contributed by atoms with van der Waals surface area (Å²) in [6, 6.07) is 5.07. The van der Waals surface area contributed by atoms with E-state index in [9.17, 15) is 9.59 Å². The van der Waals surface area contributed by atoms with Crippen LogP contribution in [0.25, 0.3) is 0 Å². The number of ether oxygens (including phenoxy) is 1. The molecule has 0 aromatic heterocycles. The highest BCUT2D eigenvalue weighted by atomic mass is 16.5. The molecule has 0 spiro atoms. The maximum absolute atomic E-state index is 11.8. The van der Waals surface area contributed by atoms with Crippen LogP contribution in [0, 0.1) is 5.92 Å². The summed E-state index contributed by atoms with van der Waals surface area (Å²) < 4.78 is 5.48. The van der Waals surface area contributed by atoms with E-state index in [-0.39, 0.29) is 0 Å².